The van der Waals surface area contributed by atoms with Crippen molar-refractivity contribution in [1.82, 2.24) is 10.2 Å². The summed E-state index contributed by atoms with van der Waals surface area (Å²) in [5.41, 5.74) is 0. The fraction of sp³-hybridized carbons (Fsp3) is 0.923. The second-order valence-electron chi connectivity index (χ2n) is 5.34. The number of nitrogens with zero attached hydrogens (tertiary/aromatic N) is 2. The Hall–Kier alpha value is -0.590. The van der Waals surface area contributed by atoms with E-state index in [4.69, 9.17) is 5.26 Å². The molecule has 0 bridgehead atoms. The second kappa shape index (κ2) is 6.88. The number of rotatable bonds is 5. The van der Waals surface area contributed by atoms with Gasteiger partial charge in [0, 0.05) is 0 Å². The van der Waals surface area contributed by atoms with Crippen LogP contribution in [0.5, 0.6) is 0 Å². The molecule has 1 atom stereocenters. The Bertz CT molecular complexity index is 224. The topological polar surface area (TPSA) is 39.1 Å². The number of nitriles is 1. The van der Waals surface area contributed by atoms with Gasteiger partial charge in [0.1, 0.15) is 0 Å². The van der Waals surface area contributed by atoms with Crippen molar-refractivity contribution in [3.8, 4) is 6.07 Å². The first-order valence-electron chi connectivity index (χ1n) is 6.48. The van der Waals surface area contributed by atoms with Crippen LogP contribution in [-0.2, 0) is 0 Å². The Balaban J connectivity index is 2.15. The highest BCUT2D eigenvalue weighted by Crippen LogP contribution is 2.18. The average Bonchev–Trinajstić information content (AvgIpc) is 2.28. The lowest BCUT2D eigenvalue weighted by Crippen LogP contribution is -2.41. The highest BCUT2D eigenvalue weighted by Gasteiger charge is 2.21. The number of nitrogens with one attached hydrogen (secondary N) is 1. The molecule has 0 aromatic rings. The molecule has 0 aromatic carbocycles. The van der Waals surface area contributed by atoms with E-state index in [0.29, 0.717) is 0 Å². The van der Waals surface area contributed by atoms with E-state index in [0.717, 1.165) is 38.0 Å². The summed E-state index contributed by atoms with van der Waals surface area (Å²) in [4.78, 5) is 2.29. The van der Waals surface area contributed by atoms with Crippen LogP contribution in [0.2, 0.25) is 0 Å². The molecule has 0 aliphatic carbocycles. The highest BCUT2D eigenvalue weighted by atomic mass is 15.2. The van der Waals surface area contributed by atoms with Crippen LogP contribution < -0.4 is 5.32 Å². The Morgan fingerprint density at radius 1 is 1.31 bits per heavy atom. The van der Waals surface area contributed by atoms with Gasteiger partial charge >= 0.3 is 0 Å². The molecule has 0 radical (unpaired) electrons. The first-order valence-corrected chi connectivity index (χ1v) is 6.48. The van der Waals surface area contributed by atoms with Gasteiger partial charge in [0.25, 0.3) is 0 Å². The number of likely N-dealkylation sites (tertiary alicyclic amines) is 1. The van der Waals surface area contributed by atoms with E-state index in [1.165, 1.54) is 12.8 Å². The van der Waals surface area contributed by atoms with Crippen LogP contribution in [0.4, 0.5) is 0 Å². The Morgan fingerprint density at radius 3 is 2.44 bits per heavy atom. The van der Waals surface area contributed by atoms with Crippen molar-refractivity contribution in [2.45, 2.75) is 39.7 Å². The summed E-state index contributed by atoms with van der Waals surface area (Å²) in [5, 5.41) is 12.4. The van der Waals surface area contributed by atoms with Crippen LogP contribution >= 0.6 is 0 Å². The fourth-order valence-corrected chi connectivity index (χ4v) is 2.20. The summed E-state index contributed by atoms with van der Waals surface area (Å²) in [7, 11) is 0. The quantitative estimate of drug-likeness (QED) is 0.773. The van der Waals surface area contributed by atoms with Crippen molar-refractivity contribution >= 4 is 0 Å². The molecule has 92 valence electrons. The zero-order valence-corrected chi connectivity index (χ0v) is 10.9. The molecule has 0 aromatic heterocycles. The van der Waals surface area contributed by atoms with Crippen molar-refractivity contribution in [2.24, 2.45) is 11.8 Å². The molecular weight excluding hydrogens is 198 g/mol. The van der Waals surface area contributed by atoms with Gasteiger partial charge in [-0.15, -0.1) is 0 Å². The third-order valence-corrected chi connectivity index (χ3v) is 3.37. The van der Waals surface area contributed by atoms with E-state index in [9.17, 15) is 0 Å². The first-order chi connectivity index (χ1) is 7.63. The van der Waals surface area contributed by atoms with E-state index in [1.807, 2.05) is 6.92 Å². The zero-order chi connectivity index (χ0) is 12.0. The van der Waals surface area contributed by atoms with Gasteiger partial charge in [-0.25, -0.2) is 0 Å². The minimum absolute atomic E-state index is 0.0876. The summed E-state index contributed by atoms with van der Waals surface area (Å²) >= 11 is 0. The maximum Gasteiger partial charge on any atom is 0.0949 e. The van der Waals surface area contributed by atoms with E-state index in [-0.39, 0.29) is 6.04 Å². The Kier molecular flexibility index (Phi) is 5.79. The molecule has 3 nitrogen and oxygen atoms in total. The summed E-state index contributed by atoms with van der Waals surface area (Å²) < 4.78 is 0. The van der Waals surface area contributed by atoms with Gasteiger partial charge in [0.15, 0.2) is 0 Å². The van der Waals surface area contributed by atoms with Crippen LogP contribution in [0.1, 0.15) is 33.6 Å². The smallest absolute Gasteiger partial charge is 0.0949 e. The summed E-state index contributed by atoms with van der Waals surface area (Å²) in [6.07, 6.45) is 2.47. The molecule has 1 fully saturated rings. The van der Waals surface area contributed by atoms with Crippen molar-refractivity contribution < 1.29 is 0 Å². The largest absolute Gasteiger partial charge is 0.316 e. The number of piperidine rings is 1. The van der Waals surface area contributed by atoms with E-state index >= 15 is 0 Å². The molecule has 1 rings (SSSR count). The lowest BCUT2D eigenvalue weighted by Gasteiger charge is -2.33. The molecule has 0 amide bonds. The normalized spacial score (nSPS) is 20.9. The van der Waals surface area contributed by atoms with E-state index in [1.54, 1.807) is 0 Å². The minimum Gasteiger partial charge on any atom is -0.316 e. The molecule has 0 saturated carbocycles. The summed E-state index contributed by atoms with van der Waals surface area (Å²) in [6, 6.07) is 2.41. The van der Waals surface area contributed by atoms with Crippen LogP contribution in [0.25, 0.3) is 0 Å². The van der Waals surface area contributed by atoms with Crippen LogP contribution in [0, 0.1) is 23.2 Å². The molecule has 1 unspecified atom stereocenters. The van der Waals surface area contributed by atoms with E-state index < -0.39 is 0 Å². The monoisotopic (exact) mass is 223 g/mol. The van der Waals surface area contributed by atoms with Gasteiger partial charge in [-0.2, -0.15) is 5.26 Å². The zero-order valence-electron chi connectivity index (χ0n) is 10.9. The van der Waals surface area contributed by atoms with Crippen LogP contribution in [0.3, 0.4) is 0 Å². The molecule has 0 spiro atoms. The van der Waals surface area contributed by atoms with Gasteiger partial charge in [0.05, 0.1) is 12.1 Å². The molecule has 3 heteroatoms. The van der Waals surface area contributed by atoms with Crippen molar-refractivity contribution in [3.05, 3.63) is 0 Å². The summed E-state index contributed by atoms with van der Waals surface area (Å²) in [6.45, 7) is 10.9. The van der Waals surface area contributed by atoms with Crippen molar-refractivity contribution in [1.29, 1.82) is 5.26 Å². The lowest BCUT2D eigenvalue weighted by molar-refractivity contribution is 0.163. The lowest BCUT2D eigenvalue weighted by atomic mass is 9.96. The van der Waals surface area contributed by atoms with Gasteiger partial charge < -0.3 is 5.32 Å². The number of hydrogen-bond acceptors (Lipinski definition) is 3. The minimum atomic E-state index is 0.0876. The molecule has 1 N–H and O–H groups in total. The third kappa shape index (κ3) is 4.51. The number of hydrogen-bond donors (Lipinski definition) is 1. The van der Waals surface area contributed by atoms with Crippen LogP contribution in [0.15, 0.2) is 0 Å². The molecular formula is C13H25N3. The van der Waals surface area contributed by atoms with Gasteiger partial charge in [-0.3, -0.25) is 4.90 Å². The third-order valence-electron chi connectivity index (χ3n) is 3.37. The first kappa shape index (κ1) is 13.5. The second-order valence-corrected chi connectivity index (χ2v) is 5.34. The van der Waals surface area contributed by atoms with Crippen LogP contribution in [-0.4, -0.2) is 37.1 Å². The standard InChI is InChI=1S/C13H25N3/c1-11(2)9-15-10-13-4-6-16(7-5-13)12(3)8-14/h11-13,15H,4-7,9-10H2,1-3H3. The molecule has 1 aliphatic heterocycles. The van der Waals surface area contributed by atoms with Crippen molar-refractivity contribution in [3.63, 3.8) is 0 Å². The molecule has 1 saturated heterocycles. The van der Waals surface area contributed by atoms with Crippen molar-refractivity contribution in [2.75, 3.05) is 26.2 Å². The average molecular weight is 223 g/mol. The van der Waals surface area contributed by atoms with Gasteiger partial charge in [-0.05, 0) is 57.8 Å². The van der Waals surface area contributed by atoms with Gasteiger partial charge in [0.2, 0.25) is 0 Å². The highest BCUT2D eigenvalue weighted by molar-refractivity contribution is 4.90. The van der Waals surface area contributed by atoms with Gasteiger partial charge in [-0.1, -0.05) is 13.8 Å². The molecule has 1 heterocycles. The predicted octanol–water partition coefficient (Wildman–Crippen LogP) is 1.86. The van der Waals surface area contributed by atoms with E-state index in [2.05, 4.69) is 30.1 Å². The fourth-order valence-electron chi connectivity index (χ4n) is 2.20. The predicted molar refractivity (Wildman–Crippen MR) is 67.1 cm³/mol. The maximum absolute atomic E-state index is 8.85. The summed E-state index contributed by atoms with van der Waals surface area (Å²) in [5.74, 6) is 1.54. The Morgan fingerprint density at radius 2 is 1.94 bits per heavy atom. The molecule has 16 heavy (non-hydrogen) atoms. The Labute approximate surface area is 99.8 Å². The molecule has 1 aliphatic rings. The maximum atomic E-state index is 8.85. The SMILES string of the molecule is CC(C)CNCC1CCN(C(C)C#N)CC1.